The number of rotatable bonds is 8. The van der Waals surface area contributed by atoms with Crippen molar-refractivity contribution < 1.29 is 24.2 Å². The predicted octanol–water partition coefficient (Wildman–Crippen LogP) is 2.94. The van der Waals surface area contributed by atoms with Crippen LogP contribution in [0.3, 0.4) is 0 Å². The van der Waals surface area contributed by atoms with Gasteiger partial charge in [0.1, 0.15) is 5.78 Å². The lowest BCUT2D eigenvalue weighted by molar-refractivity contribution is -0.120. The lowest BCUT2D eigenvalue weighted by Crippen LogP contribution is -2.18. The van der Waals surface area contributed by atoms with Gasteiger partial charge in [-0.1, -0.05) is 26.0 Å². The smallest absolute Gasteiger partial charge is 0.339 e. The lowest BCUT2D eigenvalue weighted by atomic mass is 9.99. The predicted molar refractivity (Wildman–Crippen MR) is 77.4 cm³/mol. The first-order chi connectivity index (χ1) is 9.99. The summed E-state index contributed by atoms with van der Waals surface area (Å²) in [5, 5.41) is 9.04. The highest BCUT2D eigenvalue weighted by Gasteiger charge is 2.19. The van der Waals surface area contributed by atoms with Crippen molar-refractivity contribution in [3.05, 3.63) is 35.4 Å². The summed E-state index contributed by atoms with van der Waals surface area (Å²) in [4.78, 5) is 34.4. The second kappa shape index (κ2) is 8.19. The summed E-state index contributed by atoms with van der Waals surface area (Å²) in [6.07, 6.45) is 1.56. The number of esters is 1. The Morgan fingerprint density at radius 1 is 1.14 bits per heavy atom. The number of ether oxygens (including phenoxy) is 1. The number of aromatic carboxylic acids is 1. The van der Waals surface area contributed by atoms with E-state index in [0.29, 0.717) is 12.8 Å². The first-order valence-corrected chi connectivity index (χ1v) is 7.00. The Labute approximate surface area is 123 Å². The van der Waals surface area contributed by atoms with Crippen LogP contribution < -0.4 is 0 Å². The summed E-state index contributed by atoms with van der Waals surface area (Å²) in [6.45, 7) is 3.84. The molecule has 1 unspecified atom stereocenters. The normalized spacial score (nSPS) is 11.7. The van der Waals surface area contributed by atoms with Crippen LogP contribution in [0.25, 0.3) is 0 Å². The second-order valence-electron chi connectivity index (χ2n) is 4.82. The number of carboxylic acids is 1. The largest absolute Gasteiger partial charge is 0.478 e. The number of ketones is 1. The van der Waals surface area contributed by atoms with E-state index in [1.807, 2.05) is 6.92 Å². The standard InChI is InChI=1S/C16H20O5/c1-3-11(9-12(17)4-2)10-21-16(20)14-8-6-5-7-13(14)15(18)19/h5-8,11H,3-4,9-10H2,1-2H3,(H,18,19). The number of hydrogen-bond acceptors (Lipinski definition) is 4. The lowest BCUT2D eigenvalue weighted by Gasteiger charge is -2.14. The molecule has 5 heteroatoms. The summed E-state index contributed by atoms with van der Waals surface area (Å²) in [7, 11) is 0. The third-order valence-corrected chi connectivity index (χ3v) is 3.32. The van der Waals surface area contributed by atoms with Crippen LogP contribution in [0.5, 0.6) is 0 Å². The monoisotopic (exact) mass is 292 g/mol. The van der Waals surface area contributed by atoms with Crippen molar-refractivity contribution in [1.29, 1.82) is 0 Å². The van der Waals surface area contributed by atoms with Crippen molar-refractivity contribution in [2.75, 3.05) is 6.61 Å². The molecule has 1 rings (SSSR count). The van der Waals surface area contributed by atoms with Crippen molar-refractivity contribution in [2.24, 2.45) is 5.92 Å². The van der Waals surface area contributed by atoms with E-state index in [0.717, 1.165) is 6.42 Å². The Morgan fingerprint density at radius 2 is 1.76 bits per heavy atom. The number of carbonyl (C=O) groups excluding carboxylic acids is 2. The zero-order valence-corrected chi connectivity index (χ0v) is 12.3. The van der Waals surface area contributed by atoms with Crippen molar-refractivity contribution in [1.82, 2.24) is 0 Å². The average molecular weight is 292 g/mol. The molecule has 1 atom stereocenters. The van der Waals surface area contributed by atoms with E-state index in [2.05, 4.69) is 0 Å². The molecule has 1 N–H and O–H groups in total. The molecule has 114 valence electrons. The van der Waals surface area contributed by atoms with Crippen LogP contribution in [-0.2, 0) is 9.53 Å². The maximum Gasteiger partial charge on any atom is 0.339 e. The molecule has 0 spiro atoms. The number of hydrogen-bond donors (Lipinski definition) is 1. The zero-order valence-electron chi connectivity index (χ0n) is 12.3. The third-order valence-electron chi connectivity index (χ3n) is 3.32. The van der Waals surface area contributed by atoms with Crippen molar-refractivity contribution in [3.63, 3.8) is 0 Å². The summed E-state index contributed by atoms with van der Waals surface area (Å²) in [5.74, 6) is -1.74. The minimum absolute atomic E-state index is 0.0293. The fourth-order valence-corrected chi connectivity index (χ4v) is 1.91. The van der Waals surface area contributed by atoms with Gasteiger partial charge in [-0.15, -0.1) is 0 Å². The highest BCUT2D eigenvalue weighted by Crippen LogP contribution is 2.14. The molecule has 21 heavy (non-hydrogen) atoms. The number of benzene rings is 1. The van der Waals surface area contributed by atoms with E-state index in [9.17, 15) is 14.4 Å². The molecule has 0 saturated carbocycles. The van der Waals surface area contributed by atoms with Crippen molar-refractivity contribution in [3.8, 4) is 0 Å². The summed E-state index contributed by atoms with van der Waals surface area (Å²) < 4.78 is 5.16. The van der Waals surface area contributed by atoms with Gasteiger partial charge >= 0.3 is 11.9 Å². The summed E-state index contributed by atoms with van der Waals surface area (Å²) >= 11 is 0. The van der Waals surface area contributed by atoms with E-state index in [1.165, 1.54) is 12.1 Å². The SMILES string of the molecule is CCC(=O)CC(CC)COC(=O)c1ccccc1C(=O)O. The molecule has 0 radical (unpaired) electrons. The van der Waals surface area contributed by atoms with Crippen LogP contribution >= 0.6 is 0 Å². The molecule has 0 aliphatic heterocycles. The van der Waals surface area contributed by atoms with E-state index in [4.69, 9.17) is 9.84 Å². The van der Waals surface area contributed by atoms with E-state index in [1.54, 1.807) is 19.1 Å². The number of carbonyl (C=O) groups is 3. The van der Waals surface area contributed by atoms with Gasteiger partial charge in [0.05, 0.1) is 17.7 Å². The topological polar surface area (TPSA) is 80.7 Å². The Balaban J connectivity index is 2.69. The van der Waals surface area contributed by atoms with Gasteiger partial charge in [-0.25, -0.2) is 9.59 Å². The van der Waals surface area contributed by atoms with Crippen LogP contribution in [0.2, 0.25) is 0 Å². The van der Waals surface area contributed by atoms with Crippen LogP contribution in [0.4, 0.5) is 0 Å². The van der Waals surface area contributed by atoms with Gasteiger partial charge in [-0.2, -0.15) is 0 Å². The van der Waals surface area contributed by atoms with Crippen molar-refractivity contribution in [2.45, 2.75) is 33.1 Å². The molecule has 0 aromatic heterocycles. The fraction of sp³-hybridized carbons (Fsp3) is 0.438. The molecule has 5 nitrogen and oxygen atoms in total. The minimum Gasteiger partial charge on any atom is -0.478 e. The maximum atomic E-state index is 12.0. The molecule has 0 aliphatic rings. The van der Waals surface area contributed by atoms with E-state index < -0.39 is 11.9 Å². The average Bonchev–Trinajstić information content (AvgIpc) is 2.50. The molecule has 0 amide bonds. The number of carboxylic acid groups (broad SMARTS) is 1. The first-order valence-electron chi connectivity index (χ1n) is 7.00. The quantitative estimate of drug-likeness (QED) is 0.745. The van der Waals surface area contributed by atoms with Crippen molar-refractivity contribution >= 4 is 17.7 Å². The van der Waals surface area contributed by atoms with Gasteiger partial charge in [0.25, 0.3) is 0 Å². The van der Waals surface area contributed by atoms with Crippen LogP contribution in [0, 0.1) is 5.92 Å². The molecule has 0 aliphatic carbocycles. The highest BCUT2D eigenvalue weighted by atomic mass is 16.5. The molecule has 0 saturated heterocycles. The molecule has 0 heterocycles. The molecule has 0 fully saturated rings. The summed E-state index contributed by atoms with van der Waals surface area (Å²) in [6, 6.07) is 5.91. The fourth-order valence-electron chi connectivity index (χ4n) is 1.91. The molecular weight excluding hydrogens is 272 g/mol. The van der Waals surface area contributed by atoms with Gasteiger partial charge in [-0.05, 0) is 24.5 Å². The molecule has 0 bridgehead atoms. The Bertz CT molecular complexity index is 521. The first kappa shape index (κ1) is 16.9. The van der Waals surface area contributed by atoms with E-state index in [-0.39, 0.29) is 29.4 Å². The van der Waals surface area contributed by atoms with Crippen LogP contribution in [-0.4, -0.2) is 29.4 Å². The van der Waals surface area contributed by atoms with Crippen LogP contribution in [0.15, 0.2) is 24.3 Å². The van der Waals surface area contributed by atoms with Gasteiger partial charge in [0.2, 0.25) is 0 Å². The number of Topliss-reactive ketones (excluding diaryl/α,β-unsaturated/α-hetero) is 1. The van der Waals surface area contributed by atoms with Crippen LogP contribution in [0.1, 0.15) is 53.8 Å². The molecular formula is C16H20O5. The Hall–Kier alpha value is -2.17. The second-order valence-corrected chi connectivity index (χ2v) is 4.82. The Morgan fingerprint density at radius 3 is 2.29 bits per heavy atom. The third kappa shape index (κ3) is 5.02. The van der Waals surface area contributed by atoms with Gasteiger partial charge in [0, 0.05) is 12.8 Å². The highest BCUT2D eigenvalue weighted by molar-refractivity contribution is 6.02. The van der Waals surface area contributed by atoms with Gasteiger partial charge in [-0.3, -0.25) is 4.79 Å². The molecule has 1 aromatic rings. The van der Waals surface area contributed by atoms with Gasteiger partial charge in [0.15, 0.2) is 0 Å². The minimum atomic E-state index is -1.17. The van der Waals surface area contributed by atoms with Gasteiger partial charge < -0.3 is 9.84 Å². The zero-order chi connectivity index (χ0) is 15.8. The summed E-state index contributed by atoms with van der Waals surface area (Å²) in [5.41, 5.74) is -0.0538. The van der Waals surface area contributed by atoms with E-state index >= 15 is 0 Å². The molecule has 1 aromatic carbocycles. The maximum absolute atomic E-state index is 12.0. The Kier molecular flexibility index (Phi) is 6.59.